The van der Waals surface area contributed by atoms with E-state index in [1.54, 1.807) is 49.3 Å². The van der Waals surface area contributed by atoms with Crippen LogP contribution < -0.4 is 10.2 Å². The van der Waals surface area contributed by atoms with E-state index in [0.29, 0.717) is 24.5 Å². The standard InChI is InChI=1S/C11H12N4.2C11H11N4.C11H12N2O2.C6H6N2O2.Pt/c3*1-2-5-9-8(4-1)10(15-14-9)11-12-6-3-7-13-11;14-9-5-2-1-4-8(9)10(15)11-12-6-3-7-13-11;1-10-6(9)5-7-3-2-4-8-5;/h3,6-7H,1-2,4-5H2,(H,14,15);2*3,6-7H,1-2,4-5H2;3,6-8H,1-2,4-5H2;2-4H,1H3;/q;2*-1;;;+2. The molecule has 12 rings (SSSR count). The van der Waals surface area contributed by atoms with Crippen molar-refractivity contribution in [2.45, 2.75) is 103 Å². The third-order valence-corrected chi connectivity index (χ3v) is 12.0. The quantitative estimate of drug-likeness (QED) is 0.111. The molecule has 1 unspecified atom stereocenters. The summed E-state index contributed by atoms with van der Waals surface area (Å²) in [6.07, 6.45) is 33.3. The van der Waals surface area contributed by atoms with E-state index < -0.39 is 11.9 Å². The second kappa shape index (κ2) is 26.5. The summed E-state index contributed by atoms with van der Waals surface area (Å²) in [5.41, 5.74) is 10.1. The Labute approximate surface area is 424 Å². The molecule has 0 amide bonds. The molecule has 1 N–H and O–H groups in total. The average Bonchev–Trinajstić information content (AvgIpc) is 4.21. The molecule has 0 saturated heterocycles. The summed E-state index contributed by atoms with van der Waals surface area (Å²) in [6.45, 7) is 0. The zero-order valence-corrected chi connectivity index (χ0v) is 41.5. The van der Waals surface area contributed by atoms with Gasteiger partial charge in [-0.1, -0.05) is 17.8 Å². The SMILES string of the molecule is COC(=O)c1ncccn1.O=C1CCCCC1C(=O)c1ncccn1.[Pt+2].c1cnc(-c2[n-]nc3c2CCCC3)nc1.c1cnc(-c2[n-]nc3c2CCCC3)nc1.c1cnc(-c2n[nH]c3c2CCCC3)nc1. The number of carbonyl (C=O) groups excluding carboxylic acids is 3. The van der Waals surface area contributed by atoms with Crippen molar-refractivity contribution in [3.05, 3.63) is 138 Å². The van der Waals surface area contributed by atoms with Crippen molar-refractivity contribution in [3.8, 4) is 34.6 Å². The molecule has 0 aliphatic heterocycles. The van der Waals surface area contributed by atoms with Gasteiger partial charge < -0.3 is 25.1 Å². The number of hydrogen-bond acceptors (Lipinski definition) is 17. The molecule has 21 heteroatoms. The van der Waals surface area contributed by atoms with Gasteiger partial charge in [0, 0.05) is 91.0 Å². The number of H-pyrrole nitrogens is 1. The van der Waals surface area contributed by atoms with Crippen molar-refractivity contribution in [2.75, 3.05) is 7.11 Å². The van der Waals surface area contributed by atoms with E-state index in [4.69, 9.17) is 0 Å². The summed E-state index contributed by atoms with van der Waals surface area (Å²) in [5.74, 6) is 1.20. The van der Waals surface area contributed by atoms with E-state index in [0.717, 1.165) is 85.7 Å². The summed E-state index contributed by atoms with van der Waals surface area (Å²) < 4.78 is 4.37. The fourth-order valence-corrected chi connectivity index (χ4v) is 8.48. The third-order valence-electron chi connectivity index (χ3n) is 12.0. The summed E-state index contributed by atoms with van der Waals surface area (Å²) in [5, 5.41) is 24.2. The van der Waals surface area contributed by atoms with Crippen molar-refractivity contribution < 1.29 is 40.2 Å². The predicted octanol–water partition coefficient (Wildman–Crippen LogP) is 6.17. The number of aromatic amines is 1. The number of rotatable bonds is 6. The predicted molar refractivity (Wildman–Crippen MR) is 253 cm³/mol. The normalized spacial score (nSPS) is 15.2. The number of nitrogens with zero attached hydrogens (tertiary/aromatic N) is 15. The van der Waals surface area contributed by atoms with Gasteiger partial charge in [0.15, 0.2) is 11.6 Å². The van der Waals surface area contributed by atoms with Crippen LogP contribution in [0.4, 0.5) is 0 Å². The first kappa shape index (κ1) is 51.4. The van der Waals surface area contributed by atoms with Gasteiger partial charge in [0.05, 0.1) is 13.0 Å². The Morgan fingerprint density at radius 2 is 0.944 bits per heavy atom. The minimum Gasteiger partial charge on any atom is -0.572 e. The van der Waals surface area contributed by atoms with Gasteiger partial charge in [-0.05, 0) is 131 Å². The van der Waals surface area contributed by atoms with Crippen LogP contribution in [0, 0.1) is 5.92 Å². The van der Waals surface area contributed by atoms with Gasteiger partial charge in [0.1, 0.15) is 23.1 Å². The van der Waals surface area contributed by atoms with Crippen LogP contribution in [0.5, 0.6) is 0 Å². The monoisotopic (exact) mass is 1140 g/mol. The number of aryl methyl sites for hydroxylation is 3. The fourth-order valence-electron chi connectivity index (χ4n) is 8.48. The van der Waals surface area contributed by atoms with Gasteiger partial charge in [-0.2, -0.15) is 5.10 Å². The van der Waals surface area contributed by atoms with E-state index in [1.165, 1.54) is 92.8 Å². The Kier molecular flexibility index (Phi) is 19.2. The van der Waals surface area contributed by atoms with E-state index in [2.05, 4.69) is 85.2 Å². The fraction of sp³-hybridized carbons (Fsp3) is 0.360. The molecule has 1 fully saturated rings. The van der Waals surface area contributed by atoms with Gasteiger partial charge in [-0.25, -0.2) is 54.6 Å². The van der Waals surface area contributed by atoms with Crippen LogP contribution in [0.25, 0.3) is 34.6 Å². The maximum absolute atomic E-state index is 11.9. The Morgan fingerprint density at radius 1 is 0.521 bits per heavy atom. The first-order chi connectivity index (χ1) is 34.5. The van der Waals surface area contributed by atoms with Crippen LogP contribution in [0.2, 0.25) is 0 Å². The van der Waals surface area contributed by atoms with Crippen molar-refractivity contribution in [1.29, 1.82) is 0 Å². The molecule has 20 nitrogen and oxygen atoms in total. The van der Waals surface area contributed by atoms with Crippen molar-refractivity contribution in [1.82, 2.24) is 80.4 Å². The van der Waals surface area contributed by atoms with Gasteiger partial charge in [-0.15, -0.1) is 0 Å². The summed E-state index contributed by atoms with van der Waals surface area (Å²) in [4.78, 5) is 74.5. The Bertz CT molecular complexity index is 2690. The number of nitrogens with one attached hydrogen (secondary N) is 1. The average molecular weight is 1140 g/mol. The molecular formula is C50H52N16O4Pt. The number of esters is 1. The number of carbonyl (C=O) groups is 3. The summed E-state index contributed by atoms with van der Waals surface area (Å²) in [7, 11) is 1.29. The van der Waals surface area contributed by atoms with E-state index in [1.807, 2.05) is 18.2 Å². The molecule has 1 saturated carbocycles. The minimum atomic E-state index is -0.513. The number of ether oxygens (including phenoxy) is 1. The molecule has 8 aromatic heterocycles. The smallest absolute Gasteiger partial charge is 0.572 e. The number of ketones is 2. The third kappa shape index (κ3) is 13.7. The Hall–Kier alpha value is -7.47. The molecule has 0 spiro atoms. The van der Waals surface area contributed by atoms with Gasteiger partial charge in [-0.3, -0.25) is 14.7 Å². The number of aromatic nitrogens is 16. The molecular weight excluding hydrogens is 1080 g/mol. The number of Topliss-reactive ketones (excluding diaryl/α,β-unsaturated/α-hetero) is 2. The van der Waals surface area contributed by atoms with E-state index >= 15 is 0 Å². The molecule has 8 aromatic rings. The largest absolute Gasteiger partial charge is 2.00 e. The number of methoxy groups -OCH3 is 1. The number of hydrogen-bond donors (Lipinski definition) is 1. The van der Waals surface area contributed by atoms with E-state index in [-0.39, 0.29) is 44.3 Å². The summed E-state index contributed by atoms with van der Waals surface area (Å²) in [6, 6.07) is 8.73. The maximum Gasteiger partial charge on any atom is 2.00 e. The van der Waals surface area contributed by atoms with Crippen molar-refractivity contribution >= 4 is 17.5 Å². The molecule has 366 valence electrons. The minimum absolute atomic E-state index is 0. The molecule has 1 atom stereocenters. The van der Waals surface area contributed by atoms with Crippen molar-refractivity contribution in [2.24, 2.45) is 5.92 Å². The van der Waals surface area contributed by atoms with E-state index in [9.17, 15) is 14.4 Å². The van der Waals surface area contributed by atoms with Gasteiger partial charge in [0.25, 0.3) is 0 Å². The van der Waals surface area contributed by atoms with Crippen molar-refractivity contribution in [3.63, 3.8) is 0 Å². The second-order valence-electron chi connectivity index (χ2n) is 16.6. The van der Waals surface area contributed by atoms with Crippen LogP contribution in [-0.4, -0.2) is 94.9 Å². The molecule has 4 aliphatic rings. The van der Waals surface area contributed by atoms with Crippen LogP contribution >= 0.6 is 0 Å². The first-order valence-electron chi connectivity index (χ1n) is 23.6. The molecule has 71 heavy (non-hydrogen) atoms. The number of fused-ring (bicyclic) bond motifs is 3. The molecule has 4 aliphatic carbocycles. The first-order valence-corrected chi connectivity index (χ1v) is 23.6. The van der Waals surface area contributed by atoms with Crippen LogP contribution in [0.3, 0.4) is 0 Å². The van der Waals surface area contributed by atoms with Crippen LogP contribution in [-0.2, 0) is 69.1 Å². The molecule has 0 aromatic carbocycles. The molecule has 0 radical (unpaired) electrons. The van der Waals surface area contributed by atoms with Gasteiger partial charge in [0.2, 0.25) is 11.6 Å². The topological polar surface area (TPSA) is 272 Å². The summed E-state index contributed by atoms with van der Waals surface area (Å²) >= 11 is 0. The second-order valence-corrected chi connectivity index (χ2v) is 16.6. The Balaban J connectivity index is 0.000000131. The van der Waals surface area contributed by atoms with Gasteiger partial charge >= 0.3 is 27.0 Å². The molecule has 8 heterocycles. The zero-order chi connectivity index (χ0) is 48.3. The zero-order valence-electron chi connectivity index (χ0n) is 39.2. The van der Waals surface area contributed by atoms with Crippen LogP contribution in [0.1, 0.15) is 119 Å². The maximum atomic E-state index is 11.9. The molecule has 0 bridgehead atoms. The van der Waals surface area contributed by atoms with Crippen LogP contribution in [0.15, 0.2) is 92.3 Å². The Morgan fingerprint density at radius 3 is 1.44 bits per heavy atom.